The van der Waals surface area contributed by atoms with E-state index in [1.165, 1.54) is 4.48 Å². The van der Waals surface area contributed by atoms with E-state index in [1.54, 1.807) is 11.1 Å². The molecule has 0 aromatic heterocycles. The number of carbonyl (C=O) groups is 1. The standard InChI is InChI=1S/C15H20BrNO/c1-15-8-7-14(18)17(2)13(15)6-3-10-9-11(16)4-5-12(10)15/h4,13H,3,5-9H2,1-2H3/t13-,15-/m1/s1. The Morgan fingerprint density at radius 3 is 3.00 bits per heavy atom. The molecule has 3 heteroatoms. The maximum atomic E-state index is 11.9. The molecule has 1 saturated heterocycles. The Morgan fingerprint density at radius 2 is 2.22 bits per heavy atom. The highest BCUT2D eigenvalue weighted by Gasteiger charge is 2.47. The van der Waals surface area contributed by atoms with Crippen molar-refractivity contribution in [3.05, 3.63) is 21.7 Å². The number of hydrogen-bond donors (Lipinski definition) is 0. The molecular formula is C15H20BrNO. The van der Waals surface area contributed by atoms with Gasteiger partial charge in [0.2, 0.25) is 5.91 Å². The summed E-state index contributed by atoms with van der Waals surface area (Å²) in [7, 11) is 1.99. The second kappa shape index (κ2) is 4.22. The molecule has 3 aliphatic rings. The van der Waals surface area contributed by atoms with E-state index < -0.39 is 0 Å². The van der Waals surface area contributed by atoms with Crippen LogP contribution in [0.4, 0.5) is 0 Å². The van der Waals surface area contributed by atoms with Crippen molar-refractivity contribution in [1.29, 1.82) is 0 Å². The first kappa shape index (κ1) is 12.5. The lowest BCUT2D eigenvalue weighted by atomic mass is 9.61. The molecule has 2 atom stereocenters. The van der Waals surface area contributed by atoms with Crippen LogP contribution in [0.1, 0.15) is 45.4 Å². The molecule has 18 heavy (non-hydrogen) atoms. The van der Waals surface area contributed by atoms with Crippen molar-refractivity contribution in [2.24, 2.45) is 5.41 Å². The SMILES string of the molecule is CN1C(=O)CC[C@]2(C)C3=C(CC[C@@H]12)CC(Br)=CC3. The maximum absolute atomic E-state index is 11.9. The molecule has 0 bridgehead atoms. The number of likely N-dealkylation sites (tertiary alicyclic amines) is 1. The van der Waals surface area contributed by atoms with Gasteiger partial charge in [-0.1, -0.05) is 40.1 Å². The number of piperidine rings is 1. The second-order valence-corrected chi connectivity index (χ2v) is 7.11. The van der Waals surface area contributed by atoms with Crippen molar-refractivity contribution < 1.29 is 4.79 Å². The number of carbonyl (C=O) groups excluding carboxylic acids is 1. The van der Waals surface area contributed by atoms with Gasteiger partial charge in [-0.25, -0.2) is 0 Å². The van der Waals surface area contributed by atoms with Gasteiger partial charge in [-0.3, -0.25) is 4.79 Å². The average Bonchev–Trinajstić information content (AvgIpc) is 2.34. The quantitative estimate of drug-likeness (QED) is 0.624. The lowest BCUT2D eigenvalue weighted by Gasteiger charge is -2.52. The zero-order valence-corrected chi connectivity index (χ0v) is 12.7. The number of rotatable bonds is 0. The smallest absolute Gasteiger partial charge is 0.222 e. The molecule has 0 N–H and O–H groups in total. The Balaban J connectivity index is 1.98. The van der Waals surface area contributed by atoms with Gasteiger partial charge in [0.15, 0.2) is 0 Å². The summed E-state index contributed by atoms with van der Waals surface area (Å²) in [6, 6.07) is 0.419. The number of allylic oxidation sites excluding steroid dienone is 3. The van der Waals surface area contributed by atoms with Crippen molar-refractivity contribution in [3.63, 3.8) is 0 Å². The van der Waals surface area contributed by atoms with Gasteiger partial charge in [-0.2, -0.15) is 0 Å². The summed E-state index contributed by atoms with van der Waals surface area (Å²) in [5.41, 5.74) is 3.48. The van der Waals surface area contributed by atoms with E-state index in [2.05, 4.69) is 28.9 Å². The minimum absolute atomic E-state index is 0.223. The van der Waals surface area contributed by atoms with Crippen molar-refractivity contribution >= 4 is 21.8 Å². The van der Waals surface area contributed by atoms with Gasteiger partial charge in [0.1, 0.15) is 0 Å². The summed E-state index contributed by atoms with van der Waals surface area (Å²) in [6.07, 6.45) is 8.52. The topological polar surface area (TPSA) is 20.3 Å². The van der Waals surface area contributed by atoms with Crippen LogP contribution in [-0.2, 0) is 4.79 Å². The molecule has 1 aliphatic heterocycles. The largest absolute Gasteiger partial charge is 0.342 e. The fourth-order valence-electron chi connectivity index (χ4n) is 4.10. The summed E-state index contributed by atoms with van der Waals surface area (Å²) in [4.78, 5) is 13.9. The third kappa shape index (κ3) is 1.70. The molecule has 1 fully saturated rings. The fraction of sp³-hybridized carbons (Fsp3) is 0.667. The molecular weight excluding hydrogens is 290 g/mol. The number of nitrogens with zero attached hydrogens (tertiary/aromatic N) is 1. The van der Waals surface area contributed by atoms with Gasteiger partial charge < -0.3 is 4.90 Å². The van der Waals surface area contributed by atoms with E-state index in [9.17, 15) is 4.79 Å². The molecule has 2 aliphatic carbocycles. The zero-order valence-electron chi connectivity index (χ0n) is 11.1. The van der Waals surface area contributed by atoms with E-state index in [1.807, 2.05) is 11.9 Å². The molecule has 3 rings (SSSR count). The predicted octanol–water partition coefficient (Wildman–Crippen LogP) is 3.78. The van der Waals surface area contributed by atoms with Crippen LogP contribution >= 0.6 is 15.9 Å². The van der Waals surface area contributed by atoms with Crippen molar-refractivity contribution in [1.82, 2.24) is 4.90 Å². The van der Waals surface area contributed by atoms with E-state index in [4.69, 9.17) is 0 Å². The lowest BCUT2D eigenvalue weighted by molar-refractivity contribution is -0.139. The third-order valence-electron chi connectivity index (χ3n) is 5.20. The van der Waals surface area contributed by atoms with Gasteiger partial charge in [0.05, 0.1) is 0 Å². The number of halogens is 1. The Hall–Kier alpha value is -0.570. The molecule has 0 saturated carbocycles. The Morgan fingerprint density at radius 1 is 1.44 bits per heavy atom. The van der Waals surface area contributed by atoms with Crippen LogP contribution < -0.4 is 0 Å². The van der Waals surface area contributed by atoms with Gasteiger partial charge in [0, 0.05) is 24.9 Å². The van der Waals surface area contributed by atoms with Gasteiger partial charge in [0.25, 0.3) is 0 Å². The minimum Gasteiger partial charge on any atom is -0.342 e. The predicted molar refractivity (Wildman–Crippen MR) is 76.4 cm³/mol. The normalized spacial score (nSPS) is 36.2. The van der Waals surface area contributed by atoms with E-state index in [0.29, 0.717) is 18.4 Å². The summed E-state index contributed by atoms with van der Waals surface area (Å²) >= 11 is 3.64. The van der Waals surface area contributed by atoms with Crippen molar-refractivity contribution in [2.75, 3.05) is 7.05 Å². The summed E-state index contributed by atoms with van der Waals surface area (Å²) < 4.78 is 1.34. The first-order valence-electron chi connectivity index (χ1n) is 6.84. The molecule has 0 aromatic rings. The van der Waals surface area contributed by atoms with Crippen LogP contribution in [0.5, 0.6) is 0 Å². The molecule has 2 nitrogen and oxygen atoms in total. The van der Waals surface area contributed by atoms with Crippen molar-refractivity contribution in [3.8, 4) is 0 Å². The minimum atomic E-state index is 0.223. The van der Waals surface area contributed by atoms with E-state index in [0.717, 1.165) is 32.1 Å². The Labute approximate surface area is 117 Å². The molecule has 0 radical (unpaired) electrons. The monoisotopic (exact) mass is 309 g/mol. The highest BCUT2D eigenvalue weighted by Crippen LogP contribution is 2.52. The van der Waals surface area contributed by atoms with E-state index in [-0.39, 0.29) is 5.41 Å². The molecule has 0 aromatic carbocycles. The second-order valence-electron chi connectivity index (χ2n) is 6.09. The highest BCUT2D eigenvalue weighted by atomic mass is 79.9. The number of fused-ring (bicyclic) bond motifs is 2. The third-order valence-corrected chi connectivity index (χ3v) is 5.80. The van der Waals surface area contributed by atoms with Crippen LogP contribution in [0.25, 0.3) is 0 Å². The Kier molecular flexibility index (Phi) is 2.92. The van der Waals surface area contributed by atoms with Crippen LogP contribution in [0.15, 0.2) is 21.7 Å². The molecule has 0 unspecified atom stereocenters. The van der Waals surface area contributed by atoms with Crippen LogP contribution in [0.2, 0.25) is 0 Å². The zero-order chi connectivity index (χ0) is 12.9. The maximum Gasteiger partial charge on any atom is 0.222 e. The molecule has 1 heterocycles. The van der Waals surface area contributed by atoms with Crippen LogP contribution in [0.3, 0.4) is 0 Å². The number of hydrogen-bond acceptors (Lipinski definition) is 1. The van der Waals surface area contributed by atoms with Crippen molar-refractivity contribution in [2.45, 2.75) is 51.5 Å². The van der Waals surface area contributed by atoms with Crippen LogP contribution in [0, 0.1) is 5.41 Å². The lowest BCUT2D eigenvalue weighted by Crippen LogP contribution is -2.54. The van der Waals surface area contributed by atoms with E-state index >= 15 is 0 Å². The van der Waals surface area contributed by atoms with Gasteiger partial charge in [-0.05, 0) is 36.6 Å². The fourth-order valence-corrected chi connectivity index (χ4v) is 4.60. The Bertz CT molecular complexity index is 465. The summed E-state index contributed by atoms with van der Waals surface area (Å²) in [5, 5.41) is 0. The van der Waals surface area contributed by atoms with Gasteiger partial charge in [-0.15, -0.1) is 0 Å². The van der Waals surface area contributed by atoms with Crippen LogP contribution in [-0.4, -0.2) is 23.9 Å². The summed E-state index contributed by atoms with van der Waals surface area (Å²) in [5.74, 6) is 0.328. The molecule has 1 amide bonds. The molecule has 0 spiro atoms. The summed E-state index contributed by atoms with van der Waals surface area (Å²) in [6.45, 7) is 2.38. The average molecular weight is 310 g/mol. The van der Waals surface area contributed by atoms with Gasteiger partial charge >= 0.3 is 0 Å². The first-order chi connectivity index (χ1) is 8.52. The molecule has 98 valence electrons. The first-order valence-corrected chi connectivity index (χ1v) is 7.63. The highest BCUT2D eigenvalue weighted by molar-refractivity contribution is 9.11. The number of amides is 1.